The molecule has 0 amide bonds. The maximum Gasteiger partial charge on any atom is 0.316 e. The topological polar surface area (TPSA) is 0 Å². The Balaban J connectivity index is 5.06. The van der Waals surface area contributed by atoms with Gasteiger partial charge in [0, 0.05) is 12.8 Å². The summed E-state index contributed by atoms with van der Waals surface area (Å²) in [7, 11) is 0. The van der Waals surface area contributed by atoms with Crippen molar-refractivity contribution in [2.24, 2.45) is 0 Å². The van der Waals surface area contributed by atoms with Gasteiger partial charge in [0.2, 0.25) is 0 Å². The van der Waals surface area contributed by atoms with Crippen LogP contribution in [0.4, 0.5) is 35.1 Å². The molecule has 0 unspecified atom stereocenters. The molecule has 0 bridgehead atoms. The Hall–Kier alpha value is -1.08. The molecule has 0 saturated carbocycles. The highest BCUT2D eigenvalue weighted by Crippen LogP contribution is 2.48. The molecule has 0 nitrogen and oxygen atoms in total. The first-order valence-corrected chi connectivity index (χ1v) is 5.52. The van der Waals surface area contributed by atoms with Crippen molar-refractivity contribution < 1.29 is 35.1 Å². The van der Waals surface area contributed by atoms with Crippen molar-refractivity contribution in [1.29, 1.82) is 0 Å². The fourth-order valence-electron chi connectivity index (χ4n) is 1.47. The highest BCUT2D eigenvalue weighted by molar-refractivity contribution is 4.95. The molecule has 20 heavy (non-hydrogen) atoms. The van der Waals surface area contributed by atoms with E-state index < -0.39 is 49.4 Å². The molecule has 8 heteroatoms. The van der Waals surface area contributed by atoms with Crippen molar-refractivity contribution in [3.05, 3.63) is 25.3 Å². The molecule has 0 aromatic heterocycles. The number of hydrogen-bond acceptors (Lipinski definition) is 0. The monoisotopic (exact) mass is 310 g/mol. The molecule has 0 atom stereocenters. The van der Waals surface area contributed by atoms with Crippen LogP contribution in [0.1, 0.15) is 25.7 Å². The molecule has 0 aliphatic rings. The Labute approximate surface area is 111 Å². The molecule has 118 valence electrons. The fraction of sp³-hybridized carbons (Fsp3) is 0.667. The average molecular weight is 310 g/mol. The molecule has 0 spiro atoms. The third kappa shape index (κ3) is 5.50. The fourth-order valence-corrected chi connectivity index (χ4v) is 1.47. The zero-order valence-electron chi connectivity index (χ0n) is 10.4. The minimum absolute atomic E-state index is 0.584. The zero-order chi connectivity index (χ0) is 16.2. The van der Waals surface area contributed by atoms with Gasteiger partial charge in [0.25, 0.3) is 11.8 Å². The molecule has 0 heterocycles. The van der Waals surface area contributed by atoms with Crippen LogP contribution in [0.5, 0.6) is 0 Å². The first-order chi connectivity index (χ1) is 8.79. The molecule has 0 aromatic rings. The highest BCUT2D eigenvalue weighted by Gasteiger charge is 2.62. The molecule has 0 aliphatic heterocycles. The van der Waals surface area contributed by atoms with E-state index in [9.17, 15) is 35.1 Å². The van der Waals surface area contributed by atoms with Gasteiger partial charge in [-0.05, 0) is 0 Å². The van der Waals surface area contributed by atoms with Gasteiger partial charge < -0.3 is 0 Å². The number of rotatable bonds is 9. The lowest BCUT2D eigenvalue weighted by Gasteiger charge is -2.31. The van der Waals surface area contributed by atoms with Crippen LogP contribution in [0.2, 0.25) is 0 Å². The smallest absolute Gasteiger partial charge is 0.206 e. The first kappa shape index (κ1) is 18.9. The lowest BCUT2D eigenvalue weighted by Crippen LogP contribution is -2.47. The second-order valence-corrected chi connectivity index (χ2v) is 4.46. The van der Waals surface area contributed by atoms with E-state index in [1.54, 1.807) is 0 Å². The van der Waals surface area contributed by atoms with E-state index >= 15 is 0 Å². The lowest BCUT2D eigenvalue weighted by atomic mass is 9.96. The maximum absolute atomic E-state index is 13.2. The van der Waals surface area contributed by atoms with Crippen LogP contribution in [0.3, 0.4) is 0 Å². The van der Waals surface area contributed by atoms with Crippen LogP contribution in [0.15, 0.2) is 25.3 Å². The molecule has 0 rings (SSSR count). The zero-order valence-corrected chi connectivity index (χ0v) is 10.4. The van der Waals surface area contributed by atoms with Gasteiger partial charge in [0.05, 0.1) is 12.8 Å². The van der Waals surface area contributed by atoms with Crippen molar-refractivity contribution in [3.8, 4) is 0 Å². The lowest BCUT2D eigenvalue weighted by molar-refractivity contribution is -0.260. The quantitative estimate of drug-likeness (QED) is 0.392. The van der Waals surface area contributed by atoms with Gasteiger partial charge in [0.15, 0.2) is 0 Å². The molecular weight excluding hydrogens is 296 g/mol. The van der Waals surface area contributed by atoms with Gasteiger partial charge >= 0.3 is 11.8 Å². The van der Waals surface area contributed by atoms with E-state index in [0.717, 1.165) is 0 Å². The molecule has 0 saturated heterocycles. The maximum atomic E-state index is 13.2. The van der Waals surface area contributed by atoms with E-state index in [-0.39, 0.29) is 0 Å². The largest absolute Gasteiger partial charge is 0.316 e. The van der Waals surface area contributed by atoms with Crippen LogP contribution in [0, 0.1) is 0 Å². The molecule has 0 aromatic carbocycles. The van der Waals surface area contributed by atoms with Crippen molar-refractivity contribution >= 4 is 0 Å². The van der Waals surface area contributed by atoms with Gasteiger partial charge in [-0.15, -0.1) is 13.2 Å². The molecule has 0 radical (unpaired) electrons. The Morgan fingerprint density at radius 2 is 0.850 bits per heavy atom. The van der Waals surface area contributed by atoms with Crippen LogP contribution in [0.25, 0.3) is 0 Å². The van der Waals surface area contributed by atoms with Gasteiger partial charge in [-0.2, -0.15) is 17.6 Å². The summed E-state index contributed by atoms with van der Waals surface area (Å²) in [5.74, 6) is -18.8. The Morgan fingerprint density at radius 3 is 1.05 bits per heavy atom. The number of alkyl halides is 8. The predicted molar refractivity (Wildman–Crippen MR) is 58.7 cm³/mol. The van der Waals surface area contributed by atoms with E-state index in [1.165, 1.54) is 0 Å². The minimum Gasteiger partial charge on any atom is -0.206 e. The Kier molecular flexibility index (Phi) is 5.80. The second kappa shape index (κ2) is 6.13. The van der Waals surface area contributed by atoms with Crippen molar-refractivity contribution in [2.75, 3.05) is 0 Å². The van der Waals surface area contributed by atoms with E-state index in [4.69, 9.17) is 0 Å². The summed E-state index contributed by atoms with van der Waals surface area (Å²) in [4.78, 5) is 0. The normalized spacial score (nSPS) is 14.2. The summed E-state index contributed by atoms with van der Waals surface area (Å²) in [5, 5.41) is 0. The summed E-state index contributed by atoms with van der Waals surface area (Å²) in [6.07, 6.45) is -6.38. The summed E-state index contributed by atoms with van der Waals surface area (Å²) in [6, 6.07) is 0. The summed E-state index contributed by atoms with van der Waals surface area (Å²) in [5.41, 5.74) is 0. The Bertz CT molecular complexity index is 311. The van der Waals surface area contributed by atoms with E-state index in [1.807, 2.05) is 0 Å². The van der Waals surface area contributed by atoms with Gasteiger partial charge in [-0.3, -0.25) is 0 Å². The molecule has 0 fully saturated rings. The third-order valence-corrected chi connectivity index (χ3v) is 2.38. The SMILES string of the molecule is C=CCC(F)(F)CC(F)(F)C(F)(F)CC(F)(F)CC=C. The number of hydrogen-bond donors (Lipinski definition) is 0. The summed E-state index contributed by atoms with van der Waals surface area (Å²) in [6.45, 7) is 5.76. The van der Waals surface area contributed by atoms with Crippen LogP contribution in [-0.4, -0.2) is 23.7 Å². The van der Waals surface area contributed by atoms with E-state index in [0.29, 0.717) is 12.2 Å². The van der Waals surface area contributed by atoms with Gasteiger partial charge in [-0.1, -0.05) is 12.2 Å². The van der Waals surface area contributed by atoms with E-state index in [2.05, 4.69) is 13.2 Å². The summed E-state index contributed by atoms with van der Waals surface area (Å²) >= 11 is 0. The Morgan fingerprint density at radius 1 is 0.600 bits per heavy atom. The average Bonchev–Trinajstić information content (AvgIpc) is 2.12. The number of halogens is 8. The van der Waals surface area contributed by atoms with Gasteiger partial charge in [-0.25, -0.2) is 17.6 Å². The van der Waals surface area contributed by atoms with Crippen LogP contribution >= 0.6 is 0 Å². The highest BCUT2D eigenvalue weighted by atomic mass is 19.3. The predicted octanol–water partition coefficient (Wildman–Crippen LogP) is 5.46. The number of allylic oxidation sites excluding steroid dienone is 2. The van der Waals surface area contributed by atoms with Crippen molar-refractivity contribution in [2.45, 2.75) is 49.4 Å². The second-order valence-electron chi connectivity index (χ2n) is 4.46. The summed E-state index contributed by atoms with van der Waals surface area (Å²) < 4.78 is 104. The molecule has 0 aliphatic carbocycles. The third-order valence-electron chi connectivity index (χ3n) is 2.38. The van der Waals surface area contributed by atoms with Crippen molar-refractivity contribution in [3.63, 3.8) is 0 Å². The van der Waals surface area contributed by atoms with Crippen LogP contribution < -0.4 is 0 Å². The van der Waals surface area contributed by atoms with Crippen molar-refractivity contribution in [1.82, 2.24) is 0 Å². The molecular formula is C12H14F8. The first-order valence-electron chi connectivity index (χ1n) is 5.52. The van der Waals surface area contributed by atoms with Gasteiger partial charge in [0.1, 0.15) is 0 Å². The standard InChI is InChI=1S/C12H14F8/c1-3-5-9(13,14)7-11(17,18)12(19,20)8-10(15,16)6-4-2/h3-4H,1-2,5-8H2. The minimum atomic E-state index is -5.26. The van der Waals surface area contributed by atoms with Crippen LogP contribution in [-0.2, 0) is 0 Å². The molecule has 0 N–H and O–H groups in total.